The van der Waals surface area contributed by atoms with Gasteiger partial charge in [-0.15, -0.1) is 0 Å². The predicted octanol–water partition coefficient (Wildman–Crippen LogP) is 2.83. The van der Waals surface area contributed by atoms with Crippen molar-refractivity contribution in [1.82, 2.24) is 9.88 Å². The Hall–Kier alpha value is -2.38. The Morgan fingerprint density at radius 3 is 2.83 bits per heavy atom. The van der Waals surface area contributed by atoms with Crippen LogP contribution in [-0.2, 0) is 4.74 Å². The molecule has 132 valence electrons. The fourth-order valence-electron chi connectivity index (χ4n) is 2.72. The molecule has 1 atom stereocenters. The number of nitrogens with zero attached hydrogens (tertiary/aromatic N) is 4. The summed E-state index contributed by atoms with van der Waals surface area (Å²) in [4.78, 5) is 30.6. The first kappa shape index (κ1) is 18.0. The molecule has 1 saturated heterocycles. The molecule has 1 aliphatic heterocycles. The van der Waals surface area contributed by atoms with Crippen molar-refractivity contribution in [3.63, 3.8) is 0 Å². The van der Waals surface area contributed by atoms with Crippen molar-refractivity contribution in [1.29, 1.82) is 0 Å². The molecule has 1 aromatic heterocycles. The number of hydrogen-bond acceptors (Lipinski definition) is 6. The van der Waals surface area contributed by atoms with E-state index in [1.807, 2.05) is 25.7 Å². The summed E-state index contributed by atoms with van der Waals surface area (Å²) in [6, 6.07) is 2.93. The average Bonchev–Trinajstić information content (AvgIpc) is 2.52. The van der Waals surface area contributed by atoms with Crippen molar-refractivity contribution in [2.75, 3.05) is 25.0 Å². The molecule has 0 unspecified atom stereocenters. The maximum Gasteiger partial charge on any atom is 0.410 e. The third kappa shape index (κ3) is 4.33. The van der Waals surface area contributed by atoms with E-state index in [1.54, 1.807) is 24.2 Å². The molecule has 0 bridgehead atoms. The van der Waals surface area contributed by atoms with Crippen molar-refractivity contribution in [2.24, 2.45) is 0 Å². The highest BCUT2D eigenvalue weighted by Crippen LogP contribution is 2.28. The van der Waals surface area contributed by atoms with Gasteiger partial charge in [-0.1, -0.05) is 0 Å². The molecule has 8 nitrogen and oxygen atoms in total. The minimum absolute atomic E-state index is 0.0157. The summed E-state index contributed by atoms with van der Waals surface area (Å²) in [7, 11) is 1.70. The van der Waals surface area contributed by atoms with Crippen molar-refractivity contribution in [3.05, 3.63) is 28.4 Å². The van der Waals surface area contributed by atoms with Gasteiger partial charge >= 0.3 is 11.8 Å². The third-order valence-corrected chi connectivity index (χ3v) is 3.89. The van der Waals surface area contributed by atoms with Gasteiger partial charge < -0.3 is 14.5 Å². The van der Waals surface area contributed by atoms with E-state index >= 15 is 0 Å². The average molecular weight is 336 g/mol. The van der Waals surface area contributed by atoms with Gasteiger partial charge in [-0.05, 0) is 39.7 Å². The lowest BCUT2D eigenvalue weighted by molar-refractivity contribution is -0.384. The number of piperidine rings is 1. The van der Waals surface area contributed by atoms with Crippen LogP contribution in [0, 0.1) is 10.1 Å². The molecule has 1 fully saturated rings. The number of likely N-dealkylation sites (N-methyl/N-ethyl adjacent to an activating group) is 1. The highest BCUT2D eigenvalue weighted by molar-refractivity contribution is 5.68. The van der Waals surface area contributed by atoms with Crippen LogP contribution < -0.4 is 4.90 Å². The largest absolute Gasteiger partial charge is 0.444 e. The molecule has 0 aliphatic carbocycles. The van der Waals surface area contributed by atoms with E-state index < -0.39 is 10.5 Å². The lowest BCUT2D eigenvalue weighted by Crippen LogP contribution is -2.50. The van der Waals surface area contributed by atoms with Crippen LogP contribution in [0.15, 0.2) is 18.3 Å². The number of rotatable bonds is 3. The first-order valence-electron chi connectivity index (χ1n) is 7.99. The highest BCUT2D eigenvalue weighted by atomic mass is 16.6. The number of hydrogen-bond donors (Lipinski definition) is 0. The van der Waals surface area contributed by atoms with Crippen molar-refractivity contribution in [2.45, 2.75) is 45.3 Å². The number of pyridine rings is 1. The quantitative estimate of drug-likeness (QED) is 0.623. The molecule has 24 heavy (non-hydrogen) atoms. The summed E-state index contributed by atoms with van der Waals surface area (Å²) in [6.45, 7) is 6.64. The summed E-state index contributed by atoms with van der Waals surface area (Å²) in [6.07, 6.45) is 2.81. The topological polar surface area (TPSA) is 88.8 Å². The van der Waals surface area contributed by atoms with Gasteiger partial charge in [0.25, 0.3) is 0 Å². The molecule has 0 aromatic carbocycles. The monoisotopic (exact) mass is 336 g/mol. The van der Waals surface area contributed by atoms with E-state index in [0.29, 0.717) is 18.9 Å². The fourth-order valence-corrected chi connectivity index (χ4v) is 2.72. The zero-order valence-corrected chi connectivity index (χ0v) is 14.6. The Kier molecular flexibility index (Phi) is 5.26. The second-order valence-electron chi connectivity index (χ2n) is 6.94. The zero-order valence-electron chi connectivity index (χ0n) is 14.6. The van der Waals surface area contributed by atoms with Gasteiger partial charge in [0.15, 0.2) is 0 Å². The van der Waals surface area contributed by atoms with E-state index in [1.165, 1.54) is 6.07 Å². The van der Waals surface area contributed by atoms with Crippen LogP contribution in [0.4, 0.5) is 16.3 Å². The SMILES string of the molecule is CN(C(=O)OC(C)(C)C)[C@@H]1CCCN(c2ncccc2[N+](=O)[O-])C1. The van der Waals surface area contributed by atoms with Crippen LogP contribution in [-0.4, -0.2) is 52.7 Å². The van der Waals surface area contributed by atoms with Crippen molar-refractivity contribution in [3.8, 4) is 0 Å². The van der Waals surface area contributed by atoms with Crippen LogP contribution in [0.25, 0.3) is 0 Å². The molecule has 0 N–H and O–H groups in total. The fraction of sp³-hybridized carbons (Fsp3) is 0.625. The molecule has 1 aromatic rings. The second kappa shape index (κ2) is 7.02. The third-order valence-electron chi connectivity index (χ3n) is 3.89. The number of ether oxygens (including phenoxy) is 1. The van der Waals surface area contributed by atoms with Gasteiger partial charge in [0.1, 0.15) is 5.60 Å². The highest BCUT2D eigenvalue weighted by Gasteiger charge is 2.31. The Labute approximate surface area is 141 Å². The maximum atomic E-state index is 12.2. The molecule has 2 rings (SSSR count). The van der Waals surface area contributed by atoms with E-state index in [4.69, 9.17) is 4.74 Å². The minimum Gasteiger partial charge on any atom is -0.444 e. The molecule has 0 saturated carbocycles. The maximum absolute atomic E-state index is 12.2. The molecule has 1 aliphatic rings. The number of carbonyl (C=O) groups excluding carboxylic acids is 1. The van der Waals surface area contributed by atoms with Gasteiger partial charge in [-0.3, -0.25) is 10.1 Å². The van der Waals surface area contributed by atoms with E-state index in [0.717, 1.165) is 12.8 Å². The normalized spacial score (nSPS) is 18.2. The number of nitro groups is 1. The lowest BCUT2D eigenvalue weighted by atomic mass is 10.0. The van der Waals surface area contributed by atoms with Gasteiger partial charge in [0.05, 0.1) is 11.0 Å². The smallest absolute Gasteiger partial charge is 0.410 e. The summed E-state index contributed by atoms with van der Waals surface area (Å²) in [5.74, 6) is 0.352. The van der Waals surface area contributed by atoms with Crippen molar-refractivity contribution >= 4 is 17.6 Å². The van der Waals surface area contributed by atoms with E-state index in [-0.39, 0.29) is 17.8 Å². The Morgan fingerprint density at radius 2 is 2.21 bits per heavy atom. The Balaban J connectivity index is 2.12. The molecule has 2 heterocycles. The van der Waals surface area contributed by atoms with Crippen LogP contribution in [0.1, 0.15) is 33.6 Å². The molecule has 1 amide bonds. The molecule has 8 heteroatoms. The number of anilines is 1. The van der Waals surface area contributed by atoms with Crippen LogP contribution >= 0.6 is 0 Å². The second-order valence-corrected chi connectivity index (χ2v) is 6.94. The van der Waals surface area contributed by atoms with Crippen LogP contribution in [0.2, 0.25) is 0 Å². The summed E-state index contributed by atoms with van der Waals surface area (Å²) >= 11 is 0. The molecule has 0 radical (unpaired) electrons. The zero-order chi connectivity index (χ0) is 17.9. The summed E-state index contributed by atoms with van der Waals surface area (Å²) in [5.41, 5.74) is -0.572. The molecule has 0 spiro atoms. The van der Waals surface area contributed by atoms with Crippen LogP contribution in [0.5, 0.6) is 0 Å². The number of carbonyl (C=O) groups is 1. The Bertz CT molecular complexity index is 614. The summed E-state index contributed by atoms with van der Waals surface area (Å²) < 4.78 is 5.40. The van der Waals surface area contributed by atoms with E-state index in [9.17, 15) is 14.9 Å². The molecular formula is C16H24N4O4. The first-order chi connectivity index (χ1) is 11.2. The number of amides is 1. The van der Waals surface area contributed by atoms with Gasteiger partial charge in [-0.25, -0.2) is 9.78 Å². The molecular weight excluding hydrogens is 312 g/mol. The van der Waals surface area contributed by atoms with Gasteiger partial charge in [0.2, 0.25) is 5.82 Å². The first-order valence-corrected chi connectivity index (χ1v) is 7.99. The van der Waals surface area contributed by atoms with Gasteiger partial charge in [-0.2, -0.15) is 0 Å². The van der Waals surface area contributed by atoms with Crippen molar-refractivity contribution < 1.29 is 14.5 Å². The van der Waals surface area contributed by atoms with E-state index in [2.05, 4.69) is 4.98 Å². The predicted molar refractivity (Wildman–Crippen MR) is 90.1 cm³/mol. The summed E-state index contributed by atoms with van der Waals surface area (Å²) in [5, 5.41) is 11.2. The standard InChI is InChI=1S/C16H24N4O4/c1-16(2,3)24-15(21)18(4)12-7-6-10-19(11-12)14-13(20(22)23)8-5-9-17-14/h5,8-9,12H,6-7,10-11H2,1-4H3/t12-/m1/s1. The minimum atomic E-state index is -0.556. The van der Waals surface area contributed by atoms with Crippen LogP contribution in [0.3, 0.4) is 0 Å². The Morgan fingerprint density at radius 1 is 1.50 bits per heavy atom. The number of aromatic nitrogens is 1. The lowest BCUT2D eigenvalue weighted by Gasteiger charge is -2.38. The van der Waals surface area contributed by atoms with Gasteiger partial charge in [0, 0.05) is 32.4 Å².